The average molecular weight is 576 g/mol. The standard InChI is InChI=1S/C28H49NO11/c1-2-3-28(30)40-25-23-38-21-19-36-17-15-34-13-11-32-9-8-31-10-12-33-14-16-35-18-20-37-22-24-39-27-6-4-26(29)5-7-27/h4-7H,2-3,8-25,29H2,1H3. The number of carbonyl (C=O) groups excluding carboxylic acids is 1. The molecule has 12 nitrogen and oxygen atoms in total. The van der Waals surface area contributed by atoms with Crippen molar-refractivity contribution < 1.29 is 52.2 Å². The van der Waals surface area contributed by atoms with Crippen molar-refractivity contribution in [2.75, 3.05) is 125 Å². The monoisotopic (exact) mass is 575 g/mol. The van der Waals surface area contributed by atoms with Crippen LogP contribution in [0.2, 0.25) is 0 Å². The number of rotatable bonds is 30. The molecular formula is C28H49NO11. The zero-order valence-corrected chi connectivity index (χ0v) is 24.0. The molecule has 0 radical (unpaired) electrons. The van der Waals surface area contributed by atoms with Crippen LogP contribution in [0, 0.1) is 0 Å². The number of esters is 1. The van der Waals surface area contributed by atoms with E-state index in [1.165, 1.54) is 0 Å². The van der Waals surface area contributed by atoms with E-state index in [4.69, 9.17) is 53.1 Å². The first-order valence-electron chi connectivity index (χ1n) is 14.0. The highest BCUT2D eigenvalue weighted by molar-refractivity contribution is 5.69. The van der Waals surface area contributed by atoms with Crippen molar-refractivity contribution in [3.63, 3.8) is 0 Å². The smallest absolute Gasteiger partial charge is 0.305 e. The van der Waals surface area contributed by atoms with Crippen molar-refractivity contribution in [2.24, 2.45) is 0 Å². The van der Waals surface area contributed by atoms with Gasteiger partial charge in [-0.15, -0.1) is 0 Å². The lowest BCUT2D eigenvalue weighted by Crippen LogP contribution is -2.15. The number of hydrogen-bond donors (Lipinski definition) is 1. The lowest BCUT2D eigenvalue weighted by atomic mass is 10.3. The third kappa shape index (κ3) is 25.0. The fourth-order valence-corrected chi connectivity index (χ4v) is 2.91. The fraction of sp³-hybridized carbons (Fsp3) is 0.750. The maximum Gasteiger partial charge on any atom is 0.305 e. The minimum Gasteiger partial charge on any atom is -0.491 e. The number of anilines is 1. The van der Waals surface area contributed by atoms with Crippen LogP contribution in [0.4, 0.5) is 5.69 Å². The summed E-state index contributed by atoms with van der Waals surface area (Å²) in [5.74, 6) is 0.582. The molecule has 0 unspecified atom stereocenters. The van der Waals surface area contributed by atoms with Crippen LogP contribution in [-0.4, -0.2) is 125 Å². The van der Waals surface area contributed by atoms with Gasteiger partial charge in [0.1, 0.15) is 19.0 Å². The lowest BCUT2D eigenvalue weighted by molar-refractivity contribution is -0.145. The topological polar surface area (TPSA) is 135 Å². The summed E-state index contributed by atoms with van der Waals surface area (Å²) in [6.07, 6.45) is 1.23. The summed E-state index contributed by atoms with van der Waals surface area (Å²) in [7, 11) is 0. The minimum absolute atomic E-state index is 0.188. The number of benzene rings is 1. The number of nitrogens with two attached hydrogens (primary N) is 1. The highest BCUT2D eigenvalue weighted by Gasteiger charge is 2.00. The molecule has 1 aromatic rings. The van der Waals surface area contributed by atoms with Crippen LogP contribution in [0.15, 0.2) is 24.3 Å². The van der Waals surface area contributed by atoms with E-state index in [2.05, 4.69) is 0 Å². The second-order valence-corrected chi connectivity index (χ2v) is 8.29. The Bertz CT molecular complexity index is 679. The van der Waals surface area contributed by atoms with Gasteiger partial charge in [0.25, 0.3) is 0 Å². The molecule has 0 fully saturated rings. The first-order chi connectivity index (χ1) is 19.7. The molecule has 0 bridgehead atoms. The van der Waals surface area contributed by atoms with Crippen molar-refractivity contribution in [3.05, 3.63) is 24.3 Å². The van der Waals surface area contributed by atoms with Crippen LogP contribution < -0.4 is 10.5 Å². The number of ether oxygens (including phenoxy) is 10. The predicted molar refractivity (Wildman–Crippen MR) is 149 cm³/mol. The molecule has 0 spiro atoms. The molecule has 0 heterocycles. The minimum atomic E-state index is -0.188. The van der Waals surface area contributed by atoms with Crippen LogP contribution in [0.5, 0.6) is 5.75 Å². The van der Waals surface area contributed by atoms with Crippen molar-refractivity contribution in [3.8, 4) is 5.75 Å². The molecule has 1 aromatic carbocycles. The van der Waals surface area contributed by atoms with E-state index >= 15 is 0 Å². The zero-order valence-electron chi connectivity index (χ0n) is 24.0. The van der Waals surface area contributed by atoms with Gasteiger partial charge in [-0.05, 0) is 30.7 Å². The Hall–Kier alpha value is -2.03. The van der Waals surface area contributed by atoms with Gasteiger partial charge < -0.3 is 53.1 Å². The van der Waals surface area contributed by atoms with Crippen molar-refractivity contribution in [1.29, 1.82) is 0 Å². The third-order valence-corrected chi connectivity index (χ3v) is 4.93. The van der Waals surface area contributed by atoms with E-state index in [1.807, 2.05) is 19.1 Å². The molecule has 0 aliphatic heterocycles. The fourth-order valence-electron chi connectivity index (χ4n) is 2.91. The SMILES string of the molecule is CCCC(=O)OCCOCCOCCOCCOCCOCCOCCOCCOCCOc1ccc(N)cc1. The van der Waals surface area contributed by atoms with Crippen molar-refractivity contribution in [1.82, 2.24) is 0 Å². The summed E-state index contributed by atoms with van der Waals surface area (Å²) in [5, 5.41) is 0. The molecule has 0 saturated carbocycles. The van der Waals surface area contributed by atoms with Crippen molar-refractivity contribution in [2.45, 2.75) is 19.8 Å². The van der Waals surface area contributed by atoms with Gasteiger partial charge in [0.05, 0.1) is 106 Å². The first-order valence-corrected chi connectivity index (χ1v) is 14.0. The summed E-state index contributed by atoms with van der Waals surface area (Å²) in [6.45, 7) is 10.5. The summed E-state index contributed by atoms with van der Waals surface area (Å²) < 4.78 is 54.0. The van der Waals surface area contributed by atoms with E-state index in [0.717, 1.165) is 12.2 Å². The van der Waals surface area contributed by atoms with E-state index in [-0.39, 0.29) is 12.6 Å². The Morgan fingerprint density at radius 1 is 0.525 bits per heavy atom. The molecule has 0 aliphatic rings. The van der Waals surface area contributed by atoms with Crippen LogP contribution in [0.3, 0.4) is 0 Å². The Kier molecular flexibility index (Phi) is 25.6. The van der Waals surface area contributed by atoms with E-state index in [9.17, 15) is 4.79 Å². The van der Waals surface area contributed by atoms with Gasteiger partial charge in [-0.3, -0.25) is 4.79 Å². The second kappa shape index (κ2) is 28.5. The molecule has 2 N–H and O–H groups in total. The third-order valence-electron chi connectivity index (χ3n) is 4.93. The number of hydrogen-bond acceptors (Lipinski definition) is 12. The van der Waals surface area contributed by atoms with Crippen molar-refractivity contribution >= 4 is 11.7 Å². The molecule has 40 heavy (non-hydrogen) atoms. The van der Waals surface area contributed by atoms with E-state index in [0.29, 0.717) is 124 Å². The first kappa shape index (κ1) is 36.0. The molecule has 0 aliphatic carbocycles. The summed E-state index contributed by atoms with van der Waals surface area (Å²) in [4.78, 5) is 11.2. The summed E-state index contributed by atoms with van der Waals surface area (Å²) >= 11 is 0. The van der Waals surface area contributed by atoms with Gasteiger partial charge in [-0.2, -0.15) is 0 Å². The Labute approximate surface area is 238 Å². The van der Waals surface area contributed by atoms with Gasteiger partial charge >= 0.3 is 5.97 Å². The van der Waals surface area contributed by atoms with Gasteiger partial charge in [0, 0.05) is 12.1 Å². The summed E-state index contributed by atoms with van der Waals surface area (Å²) in [6, 6.07) is 7.25. The summed E-state index contributed by atoms with van der Waals surface area (Å²) in [5.41, 5.74) is 6.34. The molecule has 232 valence electrons. The zero-order chi connectivity index (χ0) is 28.8. The van der Waals surface area contributed by atoms with Crippen LogP contribution >= 0.6 is 0 Å². The normalized spacial score (nSPS) is 11.1. The molecule has 0 saturated heterocycles. The van der Waals surface area contributed by atoms with Crippen LogP contribution in [0.1, 0.15) is 19.8 Å². The highest BCUT2D eigenvalue weighted by Crippen LogP contribution is 2.12. The average Bonchev–Trinajstić information content (AvgIpc) is 2.95. The Morgan fingerprint density at radius 2 is 0.850 bits per heavy atom. The molecule has 0 amide bonds. The van der Waals surface area contributed by atoms with Gasteiger partial charge in [-0.1, -0.05) is 6.92 Å². The maximum atomic E-state index is 11.2. The molecule has 1 rings (SSSR count). The van der Waals surface area contributed by atoms with Crippen LogP contribution in [-0.2, 0) is 47.4 Å². The number of carbonyl (C=O) groups is 1. The largest absolute Gasteiger partial charge is 0.491 e. The van der Waals surface area contributed by atoms with Gasteiger partial charge in [0.15, 0.2) is 0 Å². The molecular weight excluding hydrogens is 526 g/mol. The molecule has 0 atom stereocenters. The predicted octanol–water partition coefficient (Wildman–Crippen LogP) is 2.12. The van der Waals surface area contributed by atoms with E-state index in [1.54, 1.807) is 12.1 Å². The van der Waals surface area contributed by atoms with Gasteiger partial charge in [0.2, 0.25) is 0 Å². The Morgan fingerprint density at radius 3 is 1.20 bits per heavy atom. The Balaban J connectivity index is 1.65. The van der Waals surface area contributed by atoms with Crippen LogP contribution in [0.25, 0.3) is 0 Å². The van der Waals surface area contributed by atoms with Gasteiger partial charge in [-0.25, -0.2) is 0 Å². The van der Waals surface area contributed by atoms with E-state index < -0.39 is 0 Å². The second-order valence-electron chi connectivity index (χ2n) is 8.29. The molecule has 12 heteroatoms. The quantitative estimate of drug-likeness (QED) is 0.0818. The molecule has 0 aromatic heterocycles. The number of nitrogen functional groups attached to an aromatic ring is 1. The highest BCUT2D eigenvalue weighted by atomic mass is 16.6. The maximum absolute atomic E-state index is 11.2. The lowest BCUT2D eigenvalue weighted by Gasteiger charge is -2.09.